The highest BCUT2D eigenvalue weighted by Crippen LogP contribution is 1.92. The molecule has 0 spiro atoms. The fourth-order valence-corrected chi connectivity index (χ4v) is 1.22. The molecule has 1 rings (SSSR count). The largest absolute Gasteiger partial charge is 0.480 e. The molecular weight excluding hydrogens is 242 g/mol. The molecule has 0 saturated carbocycles. The minimum absolute atomic E-state index is 0.265. The second-order valence-corrected chi connectivity index (χ2v) is 3.62. The van der Waals surface area contributed by atoms with Gasteiger partial charge in [-0.15, -0.1) is 5.10 Å². The number of carboxylic acids is 1. The number of amides is 2. The lowest BCUT2D eigenvalue weighted by molar-refractivity contribution is -0.141. The lowest BCUT2D eigenvalue weighted by Gasteiger charge is -2.17. The predicted molar refractivity (Wildman–Crippen MR) is 59.7 cm³/mol. The minimum atomic E-state index is -1.34. The maximum Gasteiger partial charge on any atom is 0.328 e. The molecule has 0 bridgehead atoms. The maximum atomic E-state index is 11.3. The van der Waals surface area contributed by atoms with E-state index < -0.39 is 24.1 Å². The molecule has 1 aromatic rings. The van der Waals surface area contributed by atoms with Gasteiger partial charge in [0.1, 0.15) is 0 Å². The fourth-order valence-electron chi connectivity index (χ4n) is 1.22. The molecule has 0 aromatic carbocycles. The summed E-state index contributed by atoms with van der Waals surface area (Å²) in [6.45, 7) is 1.97. The third kappa shape index (κ3) is 4.37. The topological polar surface area (TPSA) is 129 Å². The molecule has 2 amide bonds. The van der Waals surface area contributed by atoms with Crippen molar-refractivity contribution < 1.29 is 19.8 Å². The Morgan fingerprint density at radius 1 is 1.50 bits per heavy atom. The molecule has 9 nitrogen and oxygen atoms in total. The van der Waals surface area contributed by atoms with Gasteiger partial charge in [0.25, 0.3) is 0 Å². The van der Waals surface area contributed by atoms with E-state index in [2.05, 4.69) is 20.9 Å². The van der Waals surface area contributed by atoms with E-state index in [1.54, 1.807) is 6.20 Å². The molecule has 0 radical (unpaired) electrons. The normalized spacial score (nSPS) is 13.7. The zero-order chi connectivity index (χ0) is 13.5. The number of nitrogens with zero attached hydrogens (tertiary/aromatic N) is 3. The Morgan fingerprint density at radius 3 is 2.72 bits per heavy atom. The Bertz CT molecular complexity index is 392. The van der Waals surface area contributed by atoms with Gasteiger partial charge in [0, 0.05) is 12.7 Å². The predicted octanol–water partition coefficient (Wildman–Crippen LogP) is -1.59. The standard InChI is InChI=1S/C9H15N5O4/c1-6(15)7(8(16)17)12-9(18)10-2-4-14-5-3-11-13-14/h3,5-7,15H,2,4H2,1H3,(H,16,17)(H2,10,12,18). The average molecular weight is 257 g/mol. The summed E-state index contributed by atoms with van der Waals surface area (Å²) in [5.41, 5.74) is 0. The van der Waals surface area contributed by atoms with Gasteiger partial charge in [-0.25, -0.2) is 9.59 Å². The minimum Gasteiger partial charge on any atom is -0.480 e. The number of aromatic nitrogens is 3. The zero-order valence-electron chi connectivity index (χ0n) is 9.78. The van der Waals surface area contributed by atoms with Crippen molar-refractivity contribution in [2.75, 3.05) is 6.54 Å². The van der Waals surface area contributed by atoms with Crippen LogP contribution in [0, 0.1) is 0 Å². The van der Waals surface area contributed by atoms with Gasteiger partial charge in [-0.05, 0) is 6.92 Å². The molecular formula is C9H15N5O4. The zero-order valence-corrected chi connectivity index (χ0v) is 9.78. The van der Waals surface area contributed by atoms with Crippen molar-refractivity contribution in [3.63, 3.8) is 0 Å². The molecule has 0 fully saturated rings. The van der Waals surface area contributed by atoms with E-state index in [9.17, 15) is 9.59 Å². The first kappa shape index (κ1) is 13.9. The quantitative estimate of drug-likeness (QED) is 0.486. The molecule has 4 N–H and O–H groups in total. The van der Waals surface area contributed by atoms with E-state index in [4.69, 9.17) is 10.2 Å². The number of aliphatic hydroxyl groups is 1. The van der Waals surface area contributed by atoms with Crippen molar-refractivity contribution in [2.45, 2.75) is 25.6 Å². The molecule has 18 heavy (non-hydrogen) atoms. The number of carbonyl (C=O) groups excluding carboxylic acids is 1. The Morgan fingerprint density at radius 2 is 2.22 bits per heavy atom. The summed E-state index contributed by atoms with van der Waals surface area (Å²) in [4.78, 5) is 22.1. The lowest BCUT2D eigenvalue weighted by Crippen LogP contribution is -2.51. The summed E-state index contributed by atoms with van der Waals surface area (Å²) >= 11 is 0. The van der Waals surface area contributed by atoms with Crippen molar-refractivity contribution in [1.29, 1.82) is 0 Å². The number of urea groups is 1. The van der Waals surface area contributed by atoms with Crippen LogP contribution >= 0.6 is 0 Å². The Kier molecular flexibility index (Phi) is 5.06. The Hall–Kier alpha value is -2.16. The van der Waals surface area contributed by atoms with Gasteiger partial charge in [-0.1, -0.05) is 5.21 Å². The number of rotatable bonds is 6. The first-order valence-electron chi connectivity index (χ1n) is 5.30. The van der Waals surface area contributed by atoms with E-state index in [1.165, 1.54) is 17.8 Å². The van der Waals surface area contributed by atoms with Gasteiger partial charge in [0.05, 0.1) is 18.8 Å². The molecule has 2 atom stereocenters. The number of aliphatic carboxylic acids is 1. The number of aliphatic hydroxyl groups excluding tert-OH is 1. The van der Waals surface area contributed by atoms with Crippen LogP contribution in [0.25, 0.3) is 0 Å². The maximum absolute atomic E-state index is 11.3. The van der Waals surface area contributed by atoms with Crippen molar-refractivity contribution in [2.24, 2.45) is 0 Å². The summed E-state index contributed by atoms with van der Waals surface area (Å²) in [6, 6.07) is -2.00. The van der Waals surface area contributed by atoms with Crippen molar-refractivity contribution in [3.8, 4) is 0 Å². The van der Waals surface area contributed by atoms with E-state index in [-0.39, 0.29) is 6.54 Å². The number of hydrogen-bond acceptors (Lipinski definition) is 5. The van der Waals surface area contributed by atoms with Crippen LogP contribution in [-0.4, -0.2) is 55.9 Å². The van der Waals surface area contributed by atoms with Gasteiger partial charge < -0.3 is 20.8 Å². The summed E-state index contributed by atoms with van der Waals surface area (Å²) < 4.78 is 1.52. The molecule has 100 valence electrons. The second kappa shape index (κ2) is 6.55. The lowest BCUT2D eigenvalue weighted by atomic mass is 10.2. The van der Waals surface area contributed by atoms with Crippen LogP contribution in [0.15, 0.2) is 12.4 Å². The van der Waals surface area contributed by atoms with Crippen LogP contribution in [0.5, 0.6) is 0 Å². The molecule has 9 heteroatoms. The van der Waals surface area contributed by atoms with E-state index in [0.717, 1.165) is 0 Å². The van der Waals surface area contributed by atoms with Gasteiger partial charge >= 0.3 is 12.0 Å². The van der Waals surface area contributed by atoms with Gasteiger partial charge in [0.2, 0.25) is 0 Å². The van der Waals surface area contributed by atoms with Gasteiger partial charge in [0.15, 0.2) is 6.04 Å². The number of carbonyl (C=O) groups is 2. The van der Waals surface area contributed by atoms with Crippen molar-refractivity contribution >= 4 is 12.0 Å². The Labute approximate surface area is 103 Å². The molecule has 0 aliphatic heterocycles. The van der Waals surface area contributed by atoms with Crippen LogP contribution in [0.3, 0.4) is 0 Å². The Balaban J connectivity index is 2.30. The van der Waals surface area contributed by atoms with Crippen LogP contribution in [0.2, 0.25) is 0 Å². The van der Waals surface area contributed by atoms with Crippen molar-refractivity contribution in [3.05, 3.63) is 12.4 Å². The molecule has 1 heterocycles. The summed E-state index contributed by atoms with van der Waals surface area (Å²) in [5.74, 6) is -1.29. The molecule has 0 aliphatic carbocycles. The highest BCUT2D eigenvalue weighted by atomic mass is 16.4. The van der Waals surface area contributed by atoms with Crippen LogP contribution in [0.1, 0.15) is 6.92 Å². The van der Waals surface area contributed by atoms with Crippen molar-refractivity contribution in [1.82, 2.24) is 25.6 Å². The van der Waals surface area contributed by atoms with Crippen LogP contribution in [-0.2, 0) is 11.3 Å². The third-order valence-electron chi connectivity index (χ3n) is 2.13. The van der Waals surface area contributed by atoms with Crippen LogP contribution in [0.4, 0.5) is 4.79 Å². The first-order valence-corrected chi connectivity index (χ1v) is 5.30. The van der Waals surface area contributed by atoms with Gasteiger partial charge in [-0.2, -0.15) is 0 Å². The number of hydrogen-bond donors (Lipinski definition) is 4. The SMILES string of the molecule is CC(O)C(NC(=O)NCCn1ccnn1)C(=O)O. The summed E-state index contributed by atoms with van der Waals surface area (Å²) in [7, 11) is 0. The molecule has 0 saturated heterocycles. The monoisotopic (exact) mass is 257 g/mol. The van der Waals surface area contributed by atoms with E-state index in [0.29, 0.717) is 6.54 Å². The average Bonchev–Trinajstić information content (AvgIpc) is 2.78. The molecule has 2 unspecified atom stereocenters. The summed E-state index contributed by atoms with van der Waals surface area (Å²) in [5, 5.41) is 29.8. The fraction of sp³-hybridized carbons (Fsp3) is 0.556. The smallest absolute Gasteiger partial charge is 0.328 e. The number of carboxylic acid groups (broad SMARTS) is 1. The molecule has 1 aromatic heterocycles. The van der Waals surface area contributed by atoms with Gasteiger partial charge in [-0.3, -0.25) is 4.68 Å². The summed E-state index contributed by atoms with van der Waals surface area (Å²) in [6.07, 6.45) is 1.97. The van der Waals surface area contributed by atoms with E-state index in [1.807, 2.05) is 0 Å². The van der Waals surface area contributed by atoms with E-state index >= 15 is 0 Å². The highest BCUT2D eigenvalue weighted by molar-refractivity contribution is 5.82. The second-order valence-electron chi connectivity index (χ2n) is 3.62. The number of nitrogens with one attached hydrogen (secondary N) is 2. The third-order valence-corrected chi connectivity index (χ3v) is 2.13. The first-order chi connectivity index (χ1) is 8.50. The molecule has 0 aliphatic rings. The highest BCUT2D eigenvalue weighted by Gasteiger charge is 2.24. The van der Waals surface area contributed by atoms with Crippen LogP contribution < -0.4 is 10.6 Å².